The third-order valence-corrected chi connectivity index (χ3v) is 3.73. The molecule has 0 spiro atoms. The van der Waals surface area contributed by atoms with Crippen LogP contribution in [0, 0.1) is 0 Å². The van der Waals surface area contributed by atoms with Crippen LogP contribution in [0.25, 0.3) is 24.3 Å². The Morgan fingerprint density at radius 1 is 0.333 bits per heavy atom. The Kier molecular flexibility index (Phi) is 2.76. The van der Waals surface area contributed by atoms with Gasteiger partial charge in [0, 0.05) is 24.3 Å². The van der Waals surface area contributed by atoms with Gasteiger partial charge >= 0.3 is 0 Å². The van der Waals surface area contributed by atoms with E-state index in [9.17, 15) is 0 Å². The molecule has 0 atom stereocenters. The van der Waals surface area contributed by atoms with E-state index in [4.69, 9.17) is 17.7 Å². The van der Waals surface area contributed by atoms with E-state index in [2.05, 4.69) is 0 Å². The van der Waals surface area contributed by atoms with Crippen molar-refractivity contribution in [3.63, 3.8) is 0 Å². The fourth-order valence-corrected chi connectivity index (χ4v) is 2.66. The summed E-state index contributed by atoms with van der Waals surface area (Å²) in [5.41, 5.74) is 2.86. The fraction of sp³-hybridized carbons (Fsp3) is 0. The smallest absolute Gasteiger partial charge is 0.131 e. The standard InChI is InChI=1S/C20H12O4/c1-2-14-10-16-5-6-18(23-16)12-20-8-7-19(24-20)11-17-4-3-15(22-17)9-13(1)21-14/h1-12H/b13-9-,14-10-,15-9?,16-10?,17-11?,18-12?,19-11-,20-12-. The first-order chi connectivity index (χ1) is 11.8. The summed E-state index contributed by atoms with van der Waals surface area (Å²) < 4.78 is 23.1. The van der Waals surface area contributed by atoms with Crippen molar-refractivity contribution in [2.75, 3.05) is 0 Å². The Hall–Kier alpha value is -3.40. The van der Waals surface area contributed by atoms with Gasteiger partial charge in [-0.1, -0.05) is 0 Å². The van der Waals surface area contributed by atoms with Crippen LogP contribution in [0.2, 0.25) is 0 Å². The first kappa shape index (κ1) is 13.1. The summed E-state index contributed by atoms with van der Waals surface area (Å²) in [5.74, 6) is 2.86. The molecule has 0 N–H and O–H groups in total. The highest BCUT2D eigenvalue weighted by Crippen LogP contribution is 2.10. The topological polar surface area (TPSA) is 52.6 Å². The first-order valence-corrected chi connectivity index (χ1v) is 7.59. The largest absolute Gasteiger partial charge is 0.457 e. The molecule has 0 radical (unpaired) electrons. The highest BCUT2D eigenvalue weighted by molar-refractivity contribution is 5.50. The van der Waals surface area contributed by atoms with Crippen LogP contribution in [-0.4, -0.2) is 0 Å². The van der Waals surface area contributed by atoms with E-state index in [0.29, 0.717) is 44.7 Å². The number of rotatable bonds is 0. The predicted molar refractivity (Wildman–Crippen MR) is 87.6 cm³/mol. The second-order valence-corrected chi connectivity index (χ2v) is 5.54. The first-order valence-electron chi connectivity index (χ1n) is 7.59. The molecule has 1 aliphatic heterocycles. The number of hydrogen-bond acceptors (Lipinski definition) is 4. The monoisotopic (exact) mass is 316 g/mol. The lowest BCUT2D eigenvalue weighted by atomic mass is 10.3. The molecule has 0 aromatic carbocycles. The quantitative estimate of drug-likeness (QED) is 0.436. The highest BCUT2D eigenvalue weighted by atomic mass is 16.4. The number of furan rings is 4. The number of hydrogen-bond donors (Lipinski definition) is 0. The van der Waals surface area contributed by atoms with Gasteiger partial charge < -0.3 is 17.7 Å². The van der Waals surface area contributed by atoms with Crippen molar-refractivity contribution in [1.82, 2.24) is 0 Å². The molecule has 8 bridgehead atoms. The van der Waals surface area contributed by atoms with Gasteiger partial charge in [-0.25, -0.2) is 0 Å². The van der Waals surface area contributed by atoms with Gasteiger partial charge in [0.1, 0.15) is 44.7 Å². The zero-order valence-electron chi connectivity index (χ0n) is 12.6. The minimum atomic E-state index is 0.716. The van der Waals surface area contributed by atoms with E-state index in [1.165, 1.54) is 0 Å². The van der Waals surface area contributed by atoms with Crippen molar-refractivity contribution in [3.05, 3.63) is 93.2 Å². The second-order valence-electron chi connectivity index (χ2n) is 5.54. The van der Waals surface area contributed by atoms with Crippen molar-refractivity contribution in [3.8, 4) is 0 Å². The third kappa shape index (κ3) is 2.44. The summed E-state index contributed by atoms with van der Waals surface area (Å²) in [5, 5.41) is 0. The molecule has 5 rings (SSSR count). The maximum atomic E-state index is 5.77. The van der Waals surface area contributed by atoms with Gasteiger partial charge in [0.15, 0.2) is 0 Å². The van der Waals surface area contributed by atoms with Crippen molar-refractivity contribution in [2.24, 2.45) is 0 Å². The minimum Gasteiger partial charge on any atom is -0.457 e. The van der Waals surface area contributed by atoms with Crippen molar-refractivity contribution >= 4 is 24.3 Å². The summed E-state index contributed by atoms with van der Waals surface area (Å²) >= 11 is 0. The van der Waals surface area contributed by atoms with Crippen LogP contribution in [0.4, 0.5) is 0 Å². The molecule has 0 fully saturated rings. The molecule has 4 heteroatoms. The summed E-state index contributed by atoms with van der Waals surface area (Å²) in [6.07, 6.45) is 7.37. The molecule has 0 aliphatic carbocycles. The minimum absolute atomic E-state index is 0.716. The molecule has 0 amide bonds. The van der Waals surface area contributed by atoms with Crippen LogP contribution in [0.3, 0.4) is 0 Å². The molecule has 116 valence electrons. The Morgan fingerprint density at radius 2 is 0.625 bits per heavy atom. The molecule has 0 saturated heterocycles. The Balaban J connectivity index is 1.79. The number of fused-ring (bicyclic) bond motifs is 8. The molecular formula is C20H12O4. The molecule has 4 aromatic heterocycles. The van der Waals surface area contributed by atoms with Crippen LogP contribution >= 0.6 is 0 Å². The lowest BCUT2D eigenvalue weighted by molar-refractivity contribution is 0.486. The van der Waals surface area contributed by atoms with Crippen molar-refractivity contribution in [2.45, 2.75) is 0 Å². The van der Waals surface area contributed by atoms with Crippen LogP contribution in [0.1, 0.15) is 23.0 Å². The molecule has 4 nitrogen and oxygen atoms in total. The summed E-state index contributed by atoms with van der Waals surface area (Å²) in [7, 11) is 0. The van der Waals surface area contributed by atoms with Gasteiger partial charge in [-0.05, 0) is 48.5 Å². The van der Waals surface area contributed by atoms with E-state index < -0.39 is 0 Å². The van der Waals surface area contributed by atoms with Crippen LogP contribution in [0.5, 0.6) is 0 Å². The lowest BCUT2D eigenvalue weighted by Gasteiger charge is -1.86. The Labute approximate surface area is 135 Å². The van der Waals surface area contributed by atoms with Crippen molar-refractivity contribution < 1.29 is 17.7 Å². The van der Waals surface area contributed by atoms with Gasteiger partial charge in [-0.2, -0.15) is 0 Å². The second kappa shape index (κ2) is 5.06. The SMILES string of the molecule is C1=c2/cc/c(o2)=C/c2ccc(o2)/C=c2/cc/c(o2)=C/c2ccc/1o2. The average Bonchev–Trinajstić information content (AvgIpc) is 3.32. The van der Waals surface area contributed by atoms with Gasteiger partial charge in [-0.3, -0.25) is 0 Å². The maximum absolute atomic E-state index is 5.77. The lowest BCUT2D eigenvalue weighted by Crippen LogP contribution is -2.00. The van der Waals surface area contributed by atoms with E-state index >= 15 is 0 Å². The van der Waals surface area contributed by atoms with Gasteiger partial charge in [-0.15, -0.1) is 0 Å². The van der Waals surface area contributed by atoms with Crippen LogP contribution in [0.15, 0.2) is 66.2 Å². The summed E-state index contributed by atoms with van der Waals surface area (Å²) in [6.45, 7) is 0. The van der Waals surface area contributed by atoms with Crippen LogP contribution < -0.4 is 21.7 Å². The normalized spacial score (nSPS) is 18.3. The molecular weight excluding hydrogens is 304 g/mol. The fourth-order valence-electron chi connectivity index (χ4n) is 2.66. The van der Waals surface area contributed by atoms with Gasteiger partial charge in [0.25, 0.3) is 0 Å². The highest BCUT2D eigenvalue weighted by Gasteiger charge is 2.01. The van der Waals surface area contributed by atoms with Gasteiger partial charge in [0.05, 0.1) is 0 Å². The zero-order valence-corrected chi connectivity index (χ0v) is 12.6. The summed E-state index contributed by atoms with van der Waals surface area (Å²) in [6, 6.07) is 15.1. The summed E-state index contributed by atoms with van der Waals surface area (Å²) in [4.78, 5) is 0. The molecule has 4 aromatic rings. The molecule has 1 aliphatic rings. The van der Waals surface area contributed by atoms with E-state index in [1.807, 2.05) is 72.8 Å². The van der Waals surface area contributed by atoms with Gasteiger partial charge in [0.2, 0.25) is 0 Å². The Morgan fingerprint density at radius 3 is 0.917 bits per heavy atom. The molecule has 24 heavy (non-hydrogen) atoms. The van der Waals surface area contributed by atoms with E-state index in [0.717, 1.165) is 0 Å². The third-order valence-electron chi connectivity index (χ3n) is 3.73. The molecule has 0 saturated carbocycles. The van der Waals surface area contributed by atoms with Crippen LogP contribution in [-0.2, 0) is 0 Å². The van der Waals surface area contributed by atoms with E-state index in [1.54, 1.807) is 0 Å². The molecule has 5 heterocycles. The van der Waals surface area contributed by atoms with E-state index in [-0.39, 0.29) is 0 Å². The average molecular weight is 316 g/mol. The predicted octanol–water partition coefficient (Wildman–Crippen LogP) is 1.69. The van der Waals surface area contributed by atoms with Crippen molar-refractivity contribution in [1.29, 1.82) is 0 Å². The molecule has 0 unspecified atom stereocenters. The Bertz CT molecular complexity index is 1070. The maximum Gasteiger partial charge on any atom is 0.131 e. The zero-order chi connectivity index (χ0) is 15.9.